The van der Waals surface area contributed by atoms with Crippen molar-refractivity contribution in [2.45, 2.75) is 13.0 Å². The molecule has 2 aromatic carbocycles. The number of phenols is 1. The Morgan fingerprint density at radius 1 is 1.08 bits per heavy atom. The molecule has 0 fully saturated rings. The van der Waals surface area contributed by atoms with E-state index in [-0.39, 0.29) is 16.3 Å². The molecular formula is C17H15ClN2O5. The molecule has 0 radical (unpaired) electrons. The van der Waals surface area contributed by atoms with Crippen molar-refractivity contribution < 1.29 is 24.2 Å². The van der Waals surface area contributed by atoms with Crippen LogP contribution >= 0.6 is 11.6 Å². The minimum Gasteiger partial charge on any atom is -0.507 e. The predicted molar refractivity (Wildman–Crippen MR) is 90.0 cm³/mol. The van der Waals surface area contributed by atoms with Crippen molar-refractivity contribution >= 4 is 29.4 Å². The minimum atomic E-state index is -1.20. The van der Waals surface area contributed by atoms with Gasteiger partial charge in [-0.1, -0.05) is 29.8 Å². The third-order valence-electron chi connectivity index (χ3n) is 3.17. The second-order valence-electron chi connectivity index (χ2n) is 5.02. The first-order valence-corrected chi connectivity index (χ1v) is 7.61. The number of halogens is 1. The molecule has 0 unspecified atom stereocenters. The molecule has 8 heteroatoms. The van der Waals surface area contributed by atoms with E-state index in [1.165, 1.54) is 25.1 Å². The van der Waals surface area contributed by atoms with E-state index in [2.05, 4.69) is 10.9 Å². The topological polar surface area (TPSA) is 105 Å². The largest absolute Gasteiger partial charge is 0.507 e. The lowest BCUT2D eigenvalue weighted by atomic mass is 10.2. The SMILES string of the molecule is C[C@H](OC(=O)c1ccc(Cl)cc1O)C(=O)NNC(=O)c1ccccc1. The first-order chi connectivity index (χ1) is 11.9. The number of nitrogens with one attached hydrogen (secondary N) is 2. The summed E-state index contributed by atoms with van der Waals surface area (Å²) in [6.07, 6.45) is -1.20. The van der Waals surface area contributed by atoms with E-state index in [0.717, 1.165) is 0 Å². The van der Waals surface area contributed by atoms with Gasteiger partial charge in [-0.3, -0.25) is 20.4 Å². The highest BCUT2D eigenvalue weighted by Crippen LogP contribution is 2.22. The van der Waals surface area contributed by atoms with Crippen LogP contribution in [0.1, 0.15) is 27.6 Å². The minimum absolute atomic E-state index is 0.127. The Kier molecular flexibility index (Phi) is 5.97. The van der Waals surface area contributed by atoms with Crippen LogP contribution in [0.15, 0.2) is 48.5 Å². The lowest BCUT2D eigenvalue weighted by Crippen LogP contribution is -2.46. The van der Waals surface area contributed by atoms with Crippen LogP contribution in [-0.2, 0) is 9.53 Å². The van der Waals surface area contributed by atoms with Gasteiger partial charge >= 0.3 is 5.97 Å². The van der Waals surface area contributed by atoms with E-state index < -0.39 is 23.9 Å². The number of hydrogen-bond donors (Lipinski definition) is 3. The van der Waals surface area contributed by atoms with Crippen LogP contribution in [0, 0.1) is 0 Å². The van der Waals surface area contributed by atoms with Crippen LogP contribution in [0.2, 0.25) is 5.02 Å². The first kappa shape index (κ1) is 18.3. The molecular weight excluding hydrogens is 348 g/mol. The predicted octanol–water partition coefficient (Wildman–Crippen LogP) is 2.05. The number of carbonyl (C=O) groups is 3. The molecule has 0 heterocycles. The van der Waals surface area contributed by atoms with Crippen LogP contribution in [-0.4, -0.2) is 29.0 Å². The zero-order valence-electron chi connectivity index (χ0n) is 13.2. The summed E-state index contributed by atoms with van der Waals surface area (Å²) < 4.78 is 4.95. The summed E-state index contributed by atoms with van der Waals surface area (Å²) in [6.45, 7) is 1.33. The number of rotatable bonds is 4. The van der Waals surface area contributed by atoms with Crippen LogP contribution in [0.5, 0.6) is 5.75 Å². The monoisotopic (exact) mass is 362 g/mol. The summed E-state index contributed by atoms with van der Waals surface area (Å²) >= 11 is 5.68. The van der Waals surface area contributed by atoms with Gasteiger partial charge in [-0.15, -0.1) is 0 Å². The van der Waals surface area contributed by atoms with Gasteiger partial charge in [0.15, 0.2) is 6.10 Å². The second kappa shape index (κ2) is 8.16. The third-order valence-corrected chi connectivity index (χ3v) is 3.40. The molecule has 0 bridgehead atoms. The van der Waals surface area contributed by atoms with E-state index >= 15 is 0 Å². The van der Waals surface area contributed by atoms with Crippen molar-refractivity contribution in [2.24, 2.45) is 0 Å². The van der Waals surface area contributed by atoms with Gasteiger partial charge < -0.3 is 9.84 Å². The van der Waals surface area contributed by atoms with Crippen molar-refractivity contribution in [1.82, 2.24) is 10.9 Å². The molecule has 25 heavy (non-hydrogen) atoms. The summed E-state index contributed by atoms with van der Waals surface area (Å²) in [5.41, 5.74) is 4.61. The normalized spacial score (nSPS) is 11.3. The van der Waals surface area contributed by atoms with Crippen molar-refractivity contribution in [3.63, 3.8) is 0 Å². The highest BCUT2D eigenvalue weighted by atomic mass is 35.5. The zero-order valence-corrected chi connectivity index (χ0v) is 13.9. The fourth-order valence-electron chi connectivity index (χ4n) is 1.84. The molecule has 130 valence electrons. The molecule has 0 aliphatic carbocycles. The van der Waals surface area contributed by atoms with Gasteiger partial charge in [0.1, 0.15) is 11.3 Å². The molecule has 1 atom stereocenters. The second-order valence-corrected chi connectivity index (χ2v) is 5.45. The zero-order chi connectivity index (χ0) is 18.4. The molecule has 0 aromatic heterocycles. The number of amides is 2. The average molecular weight is 363 g/mol. The van der Waals surface area contributed by atoms with Gasteiger partial charge in [-0.2, -0.15) is 0 Å². The van der Waals surface area contributed by atoms with Gasteiger partial charge in [0.25, 0.3) is 11.8 Å². The number of aromatic hydroxyl groups is 1. The molecule has 2 rings (SSSR count). The number of ether oxygens (including phenoxy) is 1. The third kappa shape index (κ3) is 4.95. The number of carbonyl (C=O) groups excluding carboxylic acids is 3. The summed E-state index contributed by atoms with van der Waals surface area (Å²) in [6, 6.07) is 12.1. The van der Waals surface area contributed by atoms with Crippen LogP contribution in [0.4, 0.5) is 0 Å². The van der Waals surface area contributed by atoms with Crippen molar-refractivity contribution in [3.8, 4) is 5.75 Å². The Labute approximate surface area is 148 Å². The maximum Gasteiger partial charge on any atom is 0.342 e. The first-order valence-electron chi connectivity index (χ1n) is 7.23. The number of esters is 1. The molecule has 0 aliphatic heterocycles. The van der Waals surface area contributed by atoms with Crippen LogP contribution < -0.4 is 10.9 Å². The van der Waals surface area contributed by atoms with Gasteiger partial charge in [0, 0.05) is 10.6 Å². The number of benzene rings is 2. The molecule has 0 aliphatic rings. The quantitative estimate of drug-likeness (QED) is 0.570. The van der Waals surface area contributed by atoms with Gasteiger partial charge in [-0.25, -0.2) is 4.79 Å². The molecule has 2 aromatic rings. The molecule has 7 nitrogen and oxygen atoms in total. The van der Waals surface area contributed by atoms with E-state index in [0.29, 0.717) is 5.56 Å². The standard InChI is InChI=1S/C17H15ClN2O5/c1-10(25-17(24)13-8-7-12(18)9-14(13)21)15(22)19-20-16(23)11-5-3-2-4-6-11/h2-10,21H,1H3,(H,19,22)(H,20,23)/t10-/m0/s1. The van der Waals surface area contributed by atoms with Gasteiger partial charge in [0.05, 0.1) is 0 Å². The summed E-state index contributed by atoms with van der Waals surface area (Å²) in [7, 11) is 0. The Hall–Kier alpha value is -3.06. The highest BCUT2D eigenvalue weighted by molar-refractivity contribution is 6.30. The van der Waals surface area contributed by atoms with Gasteiger partial charge in [0.2, 0.25) is 0 Å². The smallest absolute Gasteiger partial charge is 0.342 e. The molecule has 0 spiro atoms. The number of hydrazine groups is 1. The lowest BCUT2D eigenvalue weighted by molar-refractivity contribution is -0.129. The Balaban J connectivity index is 1.89. The summed E-state index contributed by atoms with van der Waals surface area (Å²) in [5, 5.41) is 9.93. The Morgan fingerprint density at radius 2 is 1.76 bits per heavy atom. The Morgan fingerprint density at radius 3 is 2.40 bits per heavy atom. The van der Waals surface area contributed by atoms with E-state index in [9.17, 15) is 19.5 Å². The number of hydrogen-bond acceptors (Lipinski definition) is 5. The average Bonchev–Trinajstić information content (AvgIpc) is 2.59. The highest BCUT2D eigenvalue weighted by Gasteiger charge is 2.21. The molecule has 0 saturated carbocycles. The lowest BCUT2D eigenvalue weighted by Gasteiger charge is -2.14. The van der Waals surface area contributed by atoms with Crippen LogP contribution in [0.3, 0.4) is 0 Å². The Bertz CT molecular complexity index is 795. The van der Waals surface area contributed by atoms with Crippen molar-refractivity contribution in [1.29, 1.82) is 0 Å². The molecule has 0 saturated heterocycles. The van der Waals surface area contributed by atoms with Gasteiger partial charge in [-0.05, 0) is 37.3 Å². The fourth-order valence-corrected chi connectivity index (χ4v) is 2.00. The maximum absolute atomic E-state index is 12.0. The fraction of sp³-hybridized carbons (Fsp3) is 0.118. The summed E-state index contributed by atoms with van der Waals surface area (Å²) in [4.78, 5) is 35.7. The van der Waals surface area contributed by atoms with E-state index in [4.69, 9.17) is 16.3 Å². The maximum atomic E-state index is 12.0. The number of phenolic OH excluding ortho intramolecular Hbond substituents is 1. The van der Waals surface area contributed by atoms with E-state index in [1.54, 1.807) is 30.3 Å². The van der Waals surface area contributed by atoms with Crippen LogP contribution in [0.25, 0.3) is 0 Å². The molecule has 2 amide bonds. The van der Waals surface area contributed by atoms with E-state index in [1.807, 2.05) is 0 Å². The van der Waals surface area contributed by atoms with Crippen molar-refractivity contribution in [3.05, 3.63) is 64.7 Å². The van der Waals surface area contributed by atoms with Crippen molar-refractivity contribution in [2.75, 3.05) is 0 Å². The molecule has 3 N–H and O–H groups in total. The summed E-state index contributed by atoms with van der Waals surface area (Å²) in [5.74, 6) is -2.50.